The number of thiophene rings is 1. The van der Waals surface area contributed by atoms with Crippen LogP contribution in [-0.2, 0) is 10.5 Å². The smallest absolute Gasteiger partial charge is 0.257 e. The monoisotopic (exact) mass is 271 g/mol. The van der Waals surface area contributed by atoms with Gasteiger partial charge in [0.15, 0.2) is 0 Å². The highest BCUT2D eigenvalue weighted by Gasteiger charge is 2.53. The number of hydrogen-bond acceptors (Lipinski definition) is 3. The molecule has 2 aliphatic rings. The van der Waals surface area contributed by atoms with Crippen LogP contribution in [0, 0.1) is 0 Å². The number of rotatable bonds is 1. The van der Waals surface area contributed by atoms with Crippen LogP contribution in [0.15, 0.2) is 41.8 Å². The van der Waals surface area contributed by atoms with Gasteiger partial charge in [0.1, 0.15) is 0 Å². The fraction of sp³-hybridized carbons (Fsp3) is 0.267. The average Bonchev–Trinajstić information content (AvgIpc) is 3.07. The first-order valence-corrected chi connectivity index (χ1v) is 7.31. The molecule has 4 heteroatoms. The molecule has 3 nitrogen and oxygen atoms in total. The first kappa shape index (κ1) is 11.2. The van der Waals surface area contributed by atoms with Crippen molar-refractivity contribution in [3.63, 3.8) is 0 Å². The van der Waals surface area contributed by atoms with E-state index in [1.165, 1.54) is 0 Å². The van der Waals surface area contributed by atoms with E-state index >= 15 is 0 Å². The third kappa shape index (κ3) is 1.33. The summed E-state index contributed by atoms with van der Waals surface area (Å²) in [6.45, 7) is 1.45. The Balaban J connectivity index is 2.01. The zero-order valence-electron chi connectivity index (χ0n) is 10.3. The van der Waals surface area contributed by atoms with E-state index in [9.17, 15) is 4.79 Å². The van der Waals surface area contributed by atoms with Gasteiger partial charge in [-0.15, -0.1) is 11.3 Å². The van der Waals surface area contributed by atoms with Gasteiger partial charge in [-0.1, -0.05) is 24.3 Å². The average molecular weight is 271 g/mol. The fourth-order valence-electron chi connectivity index (χ4n) is 3.06. The van der Waals surface area contributed by atoms with Gasteiger partial charge in [0.2, 0.25) is 5.72 Å². The highest BCUT2D eigenvalue weighted by Crippen LogP contribution is 2.48. The molecular weight excluding hydrogens is 258 g/mol. The molecule has 0 bridgehead atoms. The lowest BCUT2D eigenvalue weighted by molar-refractivity contribution is -0.135. The van der Waals surface area contributed by atoms with E-state index in [1.807, 2.05) is 40.6 Å². The van der Waals surface area contributed by atoms with Gasteiger partial charge in [-0.05, 0) is 23.9 Å². The van der Waals surface area contributed by atoms with Crippen molar-refractivity contribution < 1.29 is 9.53 Å². The second kappa shape index (κ2) is 3.92. The Bertz CT molecular complexity index is 637. The number of ether oxygens (including phenoxy) is 1. The first-order chi connectivity index (χ1) is 9.34. The SMILES string of the molecule is O=C1c2ccccc2C2(c3cccs3)OCCCN12. The number of hydrogen-bond donors (Lipinski definition) is 0. The molecule has 3 heterocycles. The second-order valence-corrected chi connectivity index (χ2v) is 5.77. The topological polar surface area (TPSA) is 29.5 Å². The standard InChI is InChI=1S/C15H13NO2S/c17-14-11-5-1-2-6-12(11)15(13-7-3-10-19-13)16(14)8-4-9-18-15/h1-3,5-7,10H,4,8-9H2. The summed E-state index contributed by atoms with van der Waals surface area (Å²) in [5.74, 6) is 0.0868. The zero-order chi connectivity index (χ0) is 12.9. The Labute approximate surface area is 115 Å². The Hall–Kier alpha value is -1.65. The molecule has 1 amide bonds. The lowest BCUT2D eigenvalue weighted by atomic mass is 9.98. The summed E-state index contributed by atoms with van der Waals surface area (Å²) in [5.41, 5.74) is 1.08. The number of benzene rings is 1. The minimum absolute atomic E-state index is 0.0868. The summed E-state index contributed by atoms with van der Waals surface area (Å²) >= 11 is 1.64. The van der Waals surface area contributed by atoms with Gasteiger partial charge in [-0.2, -0.15) is 0 Å². The van der Waals surface area contributed by atoms with Gasteiger partial charge in [-0.25, -0.2) is 0 Å². The molecule has 0 spiro atoms. The molecule has 1 atom stereocenters. The number of fused-ring (bicyclic) bond motifs is 3. The van der Waals surface area contributed by atoms with Crippen LogP contribution in [0.25, 0.3) is 0 Å². The van der Waals surface area contributed by atoms with Crippen molar-refractivity contribution in [3.8, 4) is 0 Å². The molecule has 2 aliphatic heterocycles. The van der Waals surface area contributed by atoms with E-state index in [2.05, 4.69) is 6.07 Å². The van der Waals surface area contributed by atoms with E-state index in [0.717, 1.165) is 29.0 Å². The van der Waals surface area contributed by atoms with E-state index in [0.29, 0.717) is 6.61 Å². The lowest BCUT2D eigenvalue weighted by Gasteiger charge is -2.41. The molecule has 0 N–H and O–H groups in total. The van der Waals surface area contributed by atoms with Crippen LogP contribution >= 0.6 is 11.3 Å². The molecule has 4 rings (SSSR count). The van der Waals surface area contributed by atoms with Crippen LogP contribution in [0.2, 0.25) is 0 Å². The largest absolute Gasteiger partial charge is 0.346 e. The predicted molar refractivity (Wildman–Crippen MR) is 73.1 cm³/mol. The molecule has 0 radical (unpaired) electrons. The predicted octanol–water partition coefficient (Wildman–Crippen LogP) is 2.83. The Morgan fingerprint density at radius 1 is 1.21 bits per heavy atom. The second-order valence-electron chi connectivity index (χ2n) is 4.83. The van der Waals surface area contributed by atoms with Crippen molar-refractivity contribution in [2.75, 3.05) is 13.2 Å². The van der Waals surface area contributed by atoms with Crippen LogP contribution in [0.1, 0.15) is 27.2 Å². The van der Waals surface area contributed by atoms with Gasteiger partial charge < -0.3 is 9.64 Å². The van der Waals surface area contributed by atoms with Gasteiger partial charge in [0.05, 0.1) is 11.5 Å². The molecule has 0 saturated carbocycles. The van der Waals surface area contributed by atoms with Crippen LogP contribution in [0.4, 0.5) is 0 Å². The lowest BCUT2D eigenvalue weighted by Crippen LogP contribution is -2.50. The number of amides is 1. The van der Waals surface area contributed by atoms with Crippen molar-refractivity contribution >= 4 is 17.2 Å². The van der Waals surface area contributed by atoms with E-state index in [1.54, 1.807) is 11.3 Å². The molecule has 1 fully saturated rings. The molecule has 1 unspecified atom stereocenters. The molecular formula is C15H13NO2S. The summed E-state index contributed by atoms with van der Waals surface area (Å²) in [6, 6.07) is 11.9. The minimum Gasteiger partial charge on any atom is -0.346 e. The van der Waals surface area contributed by atoms with E-state index in [4.69, 9.17) is 4.74 Å². The van der Waals surface area contributed by atoms with Gasteiger partial charge in [-0.3, -0.25) is 4.79 Å². The third-order valence-corrected chi connectivity index (χ3v) is 4.80. The molecule has 96 valence electrons. The maximum Gasteiger partial charge on any atom is 0.257 e. The van der Waals surface area contributed by atoms with Crippen LogP contribution in [0.5, 0.6) is 0 Å². The summed E-state index contributed by atoms with van der Waals surface area (Å²) in [6.07, 6.45) is 0.896. The van der Waals surface area contributed by atoms with Crippen molar-refractivity contribution in [2.24, 2.45) is 0 Å². The first-order valence-electron chi connectivity index (χ1n) is 6.43. The Morgan fingerprint density at radius 3 is 2.95 bits per heavy atom. The highest BCUT2D eigenvalue weighted by atomic mass is 32.1. The summed E-state index contributed by atoms with van der Waals surface area (Å²) < 4.78 is 6.15. The quantitative estimate of drug-likeness (QED) is 0.798. The number of nitrogens with zero attached hydrogens (tertiary/aromatic N) is 1. The Kier molecular flexibility index (Phi) is 2.31. The third-order valence-electron chi connectivity index (χ3n) is 3.84. The van der Waals surface area contributed by atoms with Gasteiger partial charge in [0.25, 0.3) is 5.91 Å². The maximum atomic E-state index is 12.6. The molecule has 0 aliphatic carbocycles. The van der Waals surface area contributed by atoms with Gasteiger partial charge >= 0.3 is 0 Å². The zero-order valence-corrected chi connectivity index (χ0v) is 11.2. The maximum absolute atomic E-state index is 12.6. The summed E-state index contributed by atoms with van der Waals surface area (Å²) in [7, 11) is 0. The van der Waals surface area contributed by atoms with Crippen molar-refractivity contribution in [1.29, 1.82) is 0 Å². The van der Waals surface area contributed by atoms with E-state index in [-0.39, 0.29) is 5.91 Å². The minimum atomic E-state index is -0.680. The van der Waals surface area contributed by atoms with Crippen molar-refractivity contribution in [3.05, 3.63) is 57.8 Å². The van der Waals surface area contributed by atoms with Gasteiger partial charge in [0, 0.05) is 17.7 Å². The molecule has 2 aromatic rings. The summed E-state index contributed by atoms with van der Waals surface area (Å²) in [5, 5.41) is 2.03. The van der Waals surface area contributed by atoms with Crippen LogP contribution in [-0.4, -0.2) is 24.0 Å². The molecule has 1 saturated heterocycles. The number of carbonyl (C=O) groups is 1. The van der Waals surface area contributed by atoms with E-state index < -0.39 is 5.72 Å². The van der Waals surface area contributed by atoms with Crippen LogP contribution in [0.3, 0.4) is 0 Å². The van der Waals surface area contributed by atoms with Crippen molar-refractivity contribution in [2.45, 2.75) is 12.1 Å². The van der Waals surface area contributed by atoms with Crippen molar-refractivity contribution in [1.82, 2.24) is 4.90 Å². The molecule has 1 aromatic heterocycles. The normalized spacial score (nSPS) is 25.3. The summed E-state index contributed by atoms with van der Waals surface area (Å²) in [4.78, 5) is 15.6. The fourth-order valence-corrected chi connectivity index (χ4v) is 3.96. The highest BCUT2D eigenvalue weighted by molar-refractivity contribution is 7.10. The Morgan fingerprint density at radius 2 is 2.11 bits per heavy atom. The molecule has 19 heavy (non-hydrogen) atoms. The molecule has 1 aromatic carbocycles. The van der Waals surface area contributed by atoms with Crippen LogP contribution < -0.4 is 0 Å². The number of carbonyl (C=O) groups excluding carboxylic acids is 1.